The third-order valence-corrected chi connectivity index (χ3v) is 3.86. The van der Waals surface area contributed by atoms with Crippen LogP contribution in [-0.2, 0) is 19.6 Å². The first-order valence-electron chi connectivity index (χ1n) is 5.95. The molecule has 1 amide bonds. The van der Waals surface area contributed by atoms with Crippen molar-refractivity contribution in [1.29, 1.82) is 0 Å². The van der Waals surface area contributed by atoms with Gasteiger partial charge in [-0.1, -0.05) is 0 Å². The molecule has 0 aromatic heterocycles. The SMILES string of the molecule is CCOC(=O)CNS(=O)(=O)c1ccc(OC)c(C(N)=O)c1. The van der Waals surface area contributed by atoms with Crippen molar-refractivity contribution in [2.75, 3.05) is 20.3 Å². The summed E-state index contributed by atoms with van der Waals surface area (Å²) in [6.07, 6.45) is 0. The highest BCUT2D eigenvalue weighted by molar-refractivity contribution is 7.89. The van der Waals surface area contributed by atoms with E-state index < -0.39 is 28.4 Å². The van der Waals surface area contributed by atoms with Crippen molar-refractivity contribution in [3.05, 3.63) is 23.8 Å². The van der Waals surface area contributed by atoms with Crippen LogP contribution in [0.3, 0.4) is 0 Å². The second-order valence-corrected chi connectivity index (χ2v) is 5.62. The Morgan fingerprint density at radius 2 is 2.00 bits per heavy atom. The Labute approximate surface area is 122 Å². The zero-order valence-corrected chi connectivity index (χ0v) is 12.4. The fraction of sp³-hybridized carbons (Fsp3) is 0.333. The summed E-state index contributed by atoms with van der Waals surface area (Å²) in [5.41, 5.74) is 5.08. The van der Waals surface area contributed by atoms with Gasteiger partial charge in [-0.15, -0.1) is 0 Å². The molecule has 9 heteroatoms. The summed E-state index contributed by atoms with van der Waals surface area (Å²) in [5, 5.41) is 0. The van der Waals surface area contributed by atoms with Crippen LogP contribution in [-0.4, -0.2) is 40.6 Å². The minimum absolute atomic E-state index is 0.0727. The fourth-order valence-corrected chi connectivity index (χ4v) is 2.49. The van der Waals surface area contributed by atoms with Crippen LogP contribution in [0.25, 0.3) is 0 Å². The van der Waals surface area contributed by atoms with Crippen LogP contribution in [0.15, 0.2) is 23.1 Å². The Bertz CT molecular complexity index is 641. The van der Waals surface area contributed by atoms with E-state index in [1.807, 2.05) is 0 Å². The van der Waals surface area contributed by atoms with E-state index in [1.54, 1.807) is 6.92 Å². The number of carbonyl (C=O) groups excluding carboxylic acids is 2. The Balaban J connectivity index is 3.01. The molecule has 1 aromatic rings. The molecule has 0 radical (unpaired) electrons. The monoisotopic (exact) mass is 316 g/mol. The van der Waals surface area contributed by atoms with E-state index in [9.17, 15) is 18.0 Å². The maximum atomic E-state index is 12.0. The Hall–Kier alpha value is -2.13. The van der Waals surface area contributed by atoms with Gasteiger partial charge in [-0.25, -0.2) is 8.42 Å². The van der Waals surface area contributed by atoms with E-state index in [4.69, 9.17) is 10.5 Å². The predicted octanol–water partition coefficient (Wildman–Crippen LogP) is -0.364. The first kappa shape index (κ1) is 16.9. The molecule has 0 saturated heterocycles. The Morgan fingerprint density at radius 3 is 2.52 bits per heavy atom. The smallest absolute Gasteiger partial charge is 0.321 e. The molecule has 0 atom stereocenters. The van der Waals surface area contributed by atoms with Crippen LogP contribution in [0.5, 0.6) is 5.75 Å². The number of benzene rings is 1. The molecule has 1 rings (SSSR count). The van der Waals surface area contributed by atoms with Gasteiger partial charge in [0.1, 0.15) is 12.3 Å². The first-order valence-corrected chi connectivity index (χ1v) is 7.43. The van der Waals surface area contributed by atoms with Gasteiger partial charge >= 0.3 is 5.97 Å². The average Bonchev–Trinajstić information content (AvgIpc) is 2.44. The maximum Gasteiger partial charge on any atom is 0.321 e. The third kappa shape index (κ3) is 4.43. The molecule has 0 bridgehead atoms. The quantitative estimate of drug-likeness (QED) is 0.662. The van der Waals surface area contributed by atoms with Crippen LogP contribution < -0.4 is 15.2 Å². The number of primary amides is 1. The number of amides is 1. The van der Waals surface area contributed by atoms with Crippen LogP contribution in [0, 0.1) is 0 Å². The van der Waals surface area contributed by atoms with Crippen molar-refractivity contribution in [2.24, 2.45) is 5.73 Å². The van der Waals surface area contributed by atoms with Crippen molar-refractivity contribution in [3.8, 4) is 5.75 Å². The molecule has 0 aliphatic heterocycles. The summed E-state index contributed by atoms with van der Waals surface area (Å²) in [5.74, 6) is -1.37. The first-order chi connectivity index (χ1) is 9.81. The van der Waals surface area contributed by atoms with Crippen molar-refractivity contribution in [2.45, 2.75) is 11.8 Å². The Kier molecular flexibility index (Phi) is 5.68. The van der Waals surface area contributed by atoms with Crippen molar-refractivity contribution < 1.29 is 27.5 Å². The zero-order chi connectivity index (χ0) is 16.0. The van der Waals surface area contributed by atoms with Crippen LogP contribution in [0.4, 0.5) is 0 Å². The molecule has 0 saturated carbocycles. The Morgan fingerprint density at radius 1 is 1.33 bits per heavy atom. The average molecular weight is 316 g/mol. The highest BCUT2D eigenvalue weighted by atomic mass is 32.2. The summed E-state index contributed by atoms with van der Waals surface area (Å²) < 4.78 is 35.6. The van der Waals surface area contributed by atoms with E-state index in [1.165, 1.54) is 19.2 Å². The number of rotatable bonds is 7. The standard InChI is InChI=1S/C12H16N2O6S/c1-3-20-11(15)7-14-21(17,18)8-4-5-10(19-2)9(6-8)12(13)16/h4-6,14H,3,7H2,1-2H3,(H2,13,16). The molecule has 0 unspecified atom stereocenters. The fourth-order valence-electron chi connectivity index (χ4n) is 1.50. The van der Waals surface area contributed by atoms with E-state index >= 15 is 0 Å². The largest absolute Gasteiger partial charge is 0.496 e. The molecule has 3 N–H and O–H groups in total. The number of sulfonamides is 1. The van der Waals surface area contributed by atoms with Gasteiger partial charge in [-0.2, -0.15) is 4.72 Å². The lowest BCUT2D eigenvalue weighted by Crippen LogP contribution is -2.31. The topological polar surface area (TPSA) is 125 Å². The van der Waals surface area contributed by atoms with Gasteiger partial charge in [0.2, 0.25) is 10.0 Å². The van der Waals surface area contributed by atoms with Gasteiger partial charge in [0, 0.05) is 0 Å². The van der Waals surface area contributed by atoms with Gasteiger partial charge < -0.3 is 15.2 Å². The normalized spacial score (nSPS) is 11.0. The molecule has 0 fully saturated rings. The number of methoxy groups -OCH3 is 1. The summed E-state index contributed by atoms with van der Waals surface area (Å²) in [7, 11) is -2.64. The van der Waals surface area contributed by atoms with Gasteiger partial charge in [-0.3, -0.25) is 9.59 Å². The van der Waals surface area contributed by atoms with E-state index in [-0.39, 0.29) is 22.8 Å². The van der Waals surface area contributed by atoms with Gasteiger partial charge in [0.15, 0.2) is 0 Å². The van der Waals surface area contributed by atoms with E-state index in [0.717, 1.165) is 6.07 Å². The maximum absolute atomic E-state index is 12.0. The number of nitrogens with one attached hydrogen (secondary N) is 1. The lowest BCUT2D eigenvalue weighted by molar-refractivity contribution is -0.141. The van der Waals surface area contributed by atoms with Crippen molar-refractivity contribution >= 4 is 21.9 Å². The number of hydrogen-bond donors (Lipinski definition) is 2. The third-order valence-electron chi connectivity index (χ3n) is 2.46. The molecule has 8 nitrogen and oxygen atoms in total. The molecule has 1 aromatic carbocycles. The summed E-state index contributed by atoms with van der Waals surface area (Å²) in [4.78, 5) is 22.2. The number of carbonyl (C=O) groups is 2. The molecule has 116 valence electrons. The molecule has 0 aliphatic rings. The number of esters is 1. The minimum Gasteiger partial charge on any atom is -0.496 e. The van der Waals surface area contributed by atoms with Crippen molar-refractivity contribution in [1.82, 2.24) is 4.72 Å². The molecule has 0 heterocycles. The molecular weight excluding hydrogens is 300 g/mol. The van der Waals surface area contributed by atoms with Gasteiger partial charge in [0.05, 0.1) is 24.2 Å². The van der Waals surface area contributed by atoms with Gasteiger partial charge in [0.25, 0.3) is 5.91 Å². The highest BCUT2D eigenvalue weighted by Gasteiger charge is 2.19. The van der Waals surface area contributed by atoms with E-state index in [2.05, 4.69) is 9.46 Å². The second-order valence-electron chi connectivity index (χ2n) is 3.86. The predicted molar refractivity (Wildman–Crippen MR) is 73.3 cm³/mol. The molecule has 0 aliphatic carbocycles. The zero-order valence-electron chi connectivity index (χ0n) is 11.6. The number of ether oxygens (including phenoxy) is 2. The van der Waals surface area contributed by atoms with Crippen LogP contribution in [0.2, 0.25) is 0 Å². The highest BCUT2D eigenvalue weighted by Crippen LogP contribution is 2.21. The lowest BCUT2D eigenvalue weighted by Gasteiger charge is -2.10. The van der Waals surface area contributed by atoms with Crippen LogP contribution >= 0.6 is 0 Å². The molecule has 0 spiro atoms. The molecular formula is C12H16N2O6S. The van der Waals surface area contributed by atoms with Crippen molar-refractivity contribution in [3.63, 3.8) is 0 Å². The van der Waals surface area contributed by atoms with Crippen LogP contribution in [0.1, 0.15) is 17.3 Å². The minimum atomic E-state index is -3.97. The molecule has 21 heavy (non-hydrogen) atoms. The summed E-state index contributed by atoms with van der Waals surface area (Å²) in [6.45, 7) is 1.25. The summed E-state index contributed by atoms with van der Waals surface area (Å²) >= 11 is 0. The number of hydrogen-bond acceptors (Lipinski definition) is 6. The van der Waals surface area contributed by atoms with E-state index in [0.29, 0.717) is 0 Å². The summed E-state index contributed by atoms with van der Waals surface area (Å²) in [6, 6.07) is 3.62. The lowest BCUT2D eigenvalue weighted by atomic mass is 10.2. The number of nitrogens with two attached hydrogens (primary N) is 1. The van der Waals surface area contributed by atoms with Gasteiger partial charge in [-0.05, 0) is 25.1 Å². The second kappa shape index (κ2) is 7.04.